The Morgan fingerprint density at radius 2 is 2.03 bits per heavy atom. The van der Waals surface area contributed by atoms with E-state index in [-0.39, 0.29) is 41.8 Å². The van der Waals surface area contributed by atoms with Crippen LogP contribution in [0.2, 0.25) is 0 Å². The number of ether oxygens (including phenoxy) is 2. The number of nitrogens with one attached hydrogen (secondary N) is 1. The van der Waals surface area contributed by atoms with Gasteiger partial charge in [-0.1, -0.05) is 29.8 Å². The Morgan fingerprint density at radius 3 is 2.57 bits per heavy atom. The molecule has 8 nitrogen and oxygen atoms in total. The summed E-state index contributed by atoms with van der Waals surface area (Å²) >= 11 is 3.60. The van der Waals surface area contributed by atoms with E-state index in [1.165, 1.54) is 4.90 Å². The van der Waals surface area contributed by atoms with Crippen molar-refractivity contribution >= 4 is 33.7 Å². The molecule has 9 heteroatoms. The van der Waals surface area contributed by atoms with Gasteiger partial charge in [-0.25, -0.2) is 0 Å². The van der Waals surface area contributed by atoms with Crippen molar-refractivity contribution in [3.63, 3.8) is 0 Å². The van der Waals surface area contributed by atoms with E-state index >= 15 is 0 Å². The van der Waals surface area contributed by atoms with E-state index < -0.39 is 41.6 Å². The lowest BCUT2D eigenvalue weighted by Gasteiger charge is -2.37. The number of nitrogens with zero attached hydrogens (tertiary/aromatic N) is 1. The number of aliphatic hydroxyl groups is 1. The number of hydrogen-bond donors (Lipinski definition) is 2. The average molecular weight is 489 g/mol. The monoisotopic (exact) mass is 488 g/mol. The predicted octanol–water partition coefficient (Wildman–Crippen LogP) is 1.23. The maximum absolute atomic E-state index is 13.7. The molecule has 3 fully saturated rings. The molecule has 2 amide bonds. The van der Waals surface area contributed by atoms with Crippen molar-refractivity contribution in [2.75, 3.05) is 13.2 Å². The summed E-state index contributed by atoms with van der Waals surface area (Å²) in [6, 6.07) is -1.56. The molecule has 7 atom stereocenters. The van der Waals surface area contributed by atoms with Crippen LogP contribution in [-0.4, -0.2) is 75.7 Å². The summed E-state index contributed by atoms with van der Waals surface area (Å²) in [5.74, 6) is -2.44. The van der Waals surface area contributed by atoms with E-state index in [1.807, 2.05) is 27.7 Å². The molecule has 0 aromatic heterocycles. The maximum atomic E-state index is 13.7. The van der Waals surface area contributed by atoms with Gasteiger partial charge in [-0.15, -0.1) is 0 Å². The Bertz CT molecular complexity index is 701. The van der Waals surface area contributed by atoms with Gasteiger partial charge < -0.3 is 24.8 Å². The number of halogens is 1. The number of esters is 1. The van der Waals surface area contributed by atoms with Gasteiger partial charge in [0.15, 0.2) is 0 Å². The quantitative estimate of drug-likeness (QED) is 0.393. The van der Waals surface area contributed by atoms with Crippen molar-refractivity contribution in [3.05, 3.63) is 0 Å². The first kappa shape index (κ1) is 23.5. The second-order valence-electron chi connectivity index (χ2n) is 9.29. The van der Waals surface area contributed by atoms with Gasteiger partial charge in [0.25, 0.3) is 0 Å². The minimum atomic E-state index is -1.11. The second-order valence-corrected chi connectivity index (χ2v) is 10.5. The highest BCUT2D eigenvalue weighted by molar-refractivity contribution is 9.09. The first-order chi connectivity index (χ1) is 14.1. The van der Waals surface area contributed by atoms with Gasteiger partial charge in [0.05, 0.1) is 37.2 Å². The van der Waals surface area contributed by atoms with E-state index in [4.69, 9.17) is 9.47 Å². The number of aliphatic hydroxyl groups excluding tert-OH is 1. The summed E-state index contributed by atoms with van der Waals surface area (Å²) in [6.07, 6.45) is 0.463. The van der Waals surface area contributed by atoms with Crippen LogP contribution < -0.4 is 5.32 Å². The predicted molar refractivity (Wildman–Crippen MR) is 113 cm³/mol. The number of hydrogen-bond acceptors (Lipinski definition) is 6. The van der Waals surface area contributed by atoms with Crippen molar-refractivity contribution in [1.29, 1.82) is 0 Å². The van der Waals surface area contributed by atoms with Crippen LogP contribution in [0.15, 0.2) is 0 Å². The number of fused-ring (bicyclic) bond motifs is 1. The highest BCUT2D eigenvalue weighted by atomic mass is 79.9. The molecule has 0 aliphatic carbocycles. The molecular formula is C21H33BrN2O6. The summed E-state index contributed by atoms with van der Waals surface area (Å²) in [6.45, 7) is 9.38. The SMILES string of the molecule is CCOC(=O)[C@H]1[C@@H]2O[C@@]3(CC2Br)[C@@H]1C(=O)N([C@@H](CO)CC(C)C)[C@@H]3C(=O)NC(C)C. The number of carbonyl (C=O) groups is 3. The minimum Gasteiger partial charge on any atom is -0.466 e. The van der Waals surface area contributed by atoms with Crippen molar-refractivity contribution in [2.24, 2.45) is 17.8 Å². The molecule has 170 valence electrons. The Kier molecular flexibility index (Phi) is 6.84. The Labute approximate surface area is 186 Å². The molecule has 3 aliphatic rings. The van der Waals surface area contributed by atoms with Crippen LogP contribution in [0.25, 0.3) is 0 Å². The third-order valence-corrected chi connectivity index (χ3v) is 7.16. The normalized spacial score (nSPS) is 35.8. The zero-order valence-electron chi connectivity index (χ0n) is 18.3. The molecule has 3 rings (SSSR count). The third-order valence-electron chi connectivity index (χ3n) is 6.31. The zero-order valence-corrected chi connectivity index (χ0v) is 19.8. The standard InChI is InChI=1S/C21H33BrN2O6/c1-6-29-20(28)14-15-19(27)24(12(9-25)7-10(2)3)17(18(26)23-11(4)5)21(15)8-13(22)16(14)30-21/h10-17,25H,6-9H2,1-5H3,(H,23,26)/t12-,13?,14-,15+,16-,17-,21+/m1/s1. The summed E-state index contributed by atoms with van der Waals surface area (Å²) in [7, 11) is 0. The van der Waals surface area contributed by atoms with Crippen molar-refractivity contribution in [1.82, 2.24) is 10.2 Å². The molecule has 0 radical (unpaired) electrons. The van der Waals surface area contributed by atoms with Gasteiger partial charge in [-0.2, -0.15) is 0 Å². The maximum Gasteiger partial charge on any atom is 0.312 e. The number of amides is 2. The summed E-state index contributed by atoms with van der Waals surface area (Å²) < 4.78 is 11.6. The molecule has 3 saturated heterocycles. The molecular weight excluding hydrogens is 456 g/mol. The van der Waals surface area contributed by atoms with Gasteiger partial charge >= 0.3 is 5.97 Å². The summed E-state index contributed by atoms with van der Waals surface area (Å²) in [5, 5.41) is 13.0. The zero-order chi connectivity index (χ0) is 22.4. The minimum absolute atomic E-state index is 0.123. The second kappa shape index (κ2) is 8.74. The Hall–Kier alpha value is -1.19. The third kappa shape index (κ3) is 3.66. The number of rotatable bonds is 8. The first-order valence-electron chi connectivity index (χ1n) is 10.8. The molecule has 3 aliphatic heterocycles. The van der Waals surface area contributed by atoms with Gasteiger partial charge in [0.2, 0.25) is 11.8 Å². The van der Waals surface area contributed by atoms with Crippen LogP contribution in [0.4, 0.5) is 0 Å². The molecule has 1 spiro atoms. The van der Waals surface area contributed by atoms with Crippen LogP contribution in [0, 0.1) is 17.8 Å². The first-order valence-corrected chi connectivity index (χ1v) is 11.7. The summed E-state index contributed by atoms with van der Waals surface area (Å²) in [5.41, 5.74) is -1.11. The Morgan fingerprint density at radius 1 is 1.37 bits per heavy atom. The average Bonchev–Trinajstić information content (AvgIpc) is 3.22. The van der Waals surface area contributed by atoms with E-state index in [0.717, 1.165) is 0 Å². The molecule has 0 aromatic rings. The van der Waals surface area contributed by atoms with Crippen LogP contribution in [-0.2, 0) is 23.9 Å². The number of alkyl halides is 1. The fourth-order valence-electron chi connectivity index (χ4n) is 5.45. The lowest BCUT2D eigenvalue weighted by Crippen LogP contribution is -2.59. The van der Waals surface area contributed by atoms with Crippen LogP contribution in [0.3, 0.4) is 0 Å². The topological polar surface area (TPSA) is 105 Å². The fourth-order valence-corrected chi connectivity index (χ4v) is 6.39. The Balaban J connectivity index is 2.08. The van der Waals surface area contributed by atoms with Gasteiger partial charge in [0, 0.05) is 10.9 Å². The van der Waals surface area contributed by atoms with Crippen molar-refractivity contribution in [3.8, 4) is 0 Å². The molecule has 0 aromatic carbocycles. The molecule has 2 bridgehead atoms. The molecule has 1 unspecified atom stereocenters. The van der Waals surface area contributed by atoms with Crippen LogP contribution in [0.1, 0.15) is 47.5 Å². The fraction of sp³-hybridized carbons (Fsp3) is 0.857. The van der Waals surface area contributed by atoms with Crippen LogP contribution >= 0.6 is 15.9 Å². The lowest BCUT2D eigenvalue weighted by atomic mass is 9.70. The smallest absolute Gasteiger partial charge is 0.312 e. The highest BCUT2D eigenvalue weighted by Gasteiger charge is 2.77. The van der Waals surface area contributed by atoms with Gasteiger partial charge in [-0.05, 0) is 39.5 Å². The van der Waals surface area contributed by atoms with E-state index in [0.29, 0.717) is 12.8 Å². The molecule has 30 heavy (non-hydrogen) atoms. The molecule has 0 saturated carbocycles. The molecule has 3 heterocycles. The van der Waals surface area contributed by atoms with Gasteiger partial charge in [0.1, 0.15) is 11.6 Å². The number of carbonyl (C=O) groups excluding carboxylic acids is 3. The van der Waals surface area contributed by atoms with Gasteiger partial charge in [-0.3, -0.25) is 14.4 Å². The van der Waals surface area contributed by atoms with E-state index in [1.54, 1.807) is 6.92 Å². The van der Waals surface area contributed by atoms with E-state index in [9.17, 15) is 19.5 Å². The lowest BCUT2D eigenvalue weighted by molar-refractivity contribution is -0.155. The number of likely N-dealkylation sites (tertiary alicyclic amines) is 1. The van der Waals surface area contributed by atoms with Crippen molar-refractivity contribution in [2.45, 2.75) is 82.1 Å². The van der Waals surface area contributed by atoms with Crippen LogP contribution in [0.5, 0.6) is 0 Å². The molecule has 2 N–H and O–H groups in total. The largest absolute Gasteiger partial charge is 0.466 e. The van der Waals surface area contributed by atoms with Crippen molar-refractivity contribution < 1.29 is 29.0 Å². The summed E-state index contributed by atoms with van der Waals surface area (Å²) in [4.78, 5) is 41.2. The van der Waals surface area contributed by atoms with E-state index in [2.05, 4.69) is 21.2 Å². The highest BCUT2D eigenvalue weighted by Crippen LogP contribution is 2.60.